The summed E-state index contributed by atoms with van der Waals surface area (Å²) < 4.78 is 6.41. The number of anilines is 1. The molecule has 1 heterocycles. The molecule has 23 heavy (non-hydrogen) atoms. The van der Waals surface area contributed by atoms with E-state index in [1.165, 1.54) is 7.11 Å². The normalized spacial score (nSPS) is 16.7. The molecule has 0 spiro atoms. The fraction of sp³-hybridized carbons (Fsp3) is 0.500. The summed E-state index contributed by atoms with van der Waals surface area (Å²) in [4.78, 5) is 24.4. The summed E-state index contributed by atoms with van der Waals surface area (Å²) in [5, 5.41) is 8.64. The van der Waals surface area contributed by atoms with Gasteiger partial charge in [0.15, 0.2) is 0 Å². The summed E-state index contributed by atoms with van der Waals surface area (Å²) in [5.41, 5.74) is 0.896. The van der Waals surface area contributed by atoms with E-state index in [0.29, 0.717) is 18.5 Å². The van der Waals surface area contributed by atoms with E-state index in [9.17, 15) is 9.59 Å². The standard InChI is InChI=1S/C16H22BrN3O3/c1-11-9-12(3-4-13(11)17)20-14(21)10-19-15(22)16(23-2)5-7-18-8-6-16/h3-4,9,18H,5-8,10H2,1-2H3,(H,19,22)(H,20,21). The number of methoxy groups -OCH3 is 1. The van der Waals surface area contributed by atoms with Crippen LogP contribution in [0.5, 0.6) is 0 Å². The van der Waals surface area contributed by atoms with E-state index < -0.39 is 5.60 Å². The van der Waals surface area contributed by atoms with Gasteiger partial charge in [0.25, 0.3) is 5.91 Å². The van der Waals surface area contributed by atoms with E-state index >= 15 is 0 Å². The molecule has 0 unspecified atom stereocenters. The lowest BCUT2D eigenvalue weighted by Gasteiger charge is -2.34. The molecule has 1 fully saturated rings. The lowest BCUT2D eigenvalue weighted by atomic mass is 9.91. The number of rotatable bonds is 5. The Bertz CT molecular complexity index is 586. The number of carbonyl (C=O) groups excluding carboxylic acids is 2. The zero-order valence-corrected chi connectivity index (χ0v) is 15.0. The van der Waals surface area contributed by atoms with Crippen LogP contribution in [0, 0.1) is 6.92 Å². The Morgan fingerprint density at radius 2 is 2.04 bits per heavy atom. The molecule has 126 valence electrons. The van der Waals surface area contributed by atoms with E-state index in [4.69, 9.17) is 4.74 Å². The number of piperidine rings is 1. The molecule has 1 aliphatic heterocycles. The third-order valence-corrected chi connectivity index (χ3v) is 4.96. The largest absolute Gasteiger partial charge is 0.368 e. The summed E-state index contributed by atoms with van der Waals surface area (Å²) in [5.74, 6) is -0.496. The Kier molecular flexibility index (Phi) is 6.15. The van der Waals surface area contributed by atoms with Gasteiger partial charge < -0.3 is 20.7 Å². The van der Waals surface area contributed by atoms with Gasteiger partial charge in [0, 0.05) is 17.3 Å². The molecule has 0 aliphatic carbocycles. The van der Waals surface area contributed by atoms with Crippen LogP contribution in [0.4, 0.5) is 5.69 Å². The van der Waals surface area contributed by atoms with Crippen LogP contribution in [0.15, 0.2) is 22.7 Å². The average Bonchev–Trinajstić information content (AvgIpc) is 2.56. The van der Waals surface area contributed by atoms with Crippen molar-refractivity contribution in [3.8, 4) is 0 Å². The number of hydrogen-bond acceptors (Lipinski definition) is 4. The van der Waals surface area contributed by atoms with Gasteiger partial charge in [0.05, 0.1) is 6.54 Å². The highest BCUT2D eigenvalue weighted by Gasteiger charge is 2.39. The first kappa shape index (κ1) is 17.9. The van der Waals surface area contributed by atoms with Crippen LogP contribution in [0.25, 0.3) is 0 Å². The number of benzene rings is 1. The summed E-state index contributed by atoms with van der Waals surface area (Å²) in [6.45, 7) is 3.32. The summed E-state index contributed by atoms with van der Waals surface area (Å²) in [6, 6.07) is 5.55. The maximum atomic E-state index is 12.4. The molecule has 0 bridgehead atoms. The van der Waals surface area contributed by atoms with Crippen LogP contribution >= 0.6 is 15.9 Å². The molecule has 6 nitrogen and oxygen atoms in total. The van der Waals surface area contributed by atoms with Crippen LogP contribution in [0.1, 0.15) is 18.4 Å². The number of nitrogens with one attached hydrogen (secondary N) is 3. The lowest BCUT2D eigenvalue weighted by molar-refractivity contribution is -0.147. The van der Waals surface area contributed by atoms with Gasteiger partial charge in [-0.1, -0.05) is 15.9 Å². The monoisotopic (exact) mass is 383 g/mol. The Morgan fingerprint density at radius 3 is 2.65 bits per heavy atom. The predicted octanol–water partition coefficient (Wildman–Crippen LogP) is 1.58. The third kappa shape index (κ3) is 4.53. The highest BCUT2D eigenvalue weighted by molar-refractivity contribution is 9.10. The topological polar surface area (TPSA) is 79.5 Å². The van der Waals surface area contributed by atoms with Crippen molar-refractivity contribution in [2.45, 2.75) is 25.4 Å². The zero-order chi connectivity index (χ0) is 16.9. The fourth-order valence-corrected chi connectivity index (χ4v) is 2.85. The molecule has 0 aromatic heterocycles. The van der Waals surface area contributed by atoms with Gasteiger partial charge in [0.2, 0.25) is 5.91 Å². The average molecular weight is 384 g/mol. The second-order valence-electron chi connectivity index (χ2n) is 5.64. The summed E-state index contributed by atoms with van der Waals surface area (Å²) in [7, 11) is 1.54. The molecule has 1 aliphatic rings. The van der Waals surface area contributed by atoms with Crippen molar-refractivity contribution in [2.24, 2.45) is 0 Å². The molecule has 1 aromatic carbocycles. The van der Waals surface area contributed by atoms with Crippen molar-refractivity contribution < 1.29 is 14.3 Å². The van der Waals surface area contributed by atoms with Gasteiger partial charge in [-0.15, -0.1) is 0 Å². The first-order valence-corrected chi connectivity index (χ1v) is 8.36. The molecule has 1 saturated heterocycles. The number of hydrogen-bond donors (Lipinski definition) is 3. The summed E-state index contributed by atoms with van der Waals surface area (Å²) >= 11 is 3.41. The predicted molar refractivity (Wildman–Crippen MR) is 92.4 cm³/mol. The zero-order valence-electron chi connectivity index (χ0n) is 13.4. The minimum Gasteiger partial charge on any atom is -0.368 e. The van der Waals surface area contributed by atoms with Crippen LogP contribution in [-0.2, 0) is 14.3 Å². The molecule has 2 rings (SSSR count). The third-order valence-electron chi connectivity index (χ3n) is 4.07. The fourth-order valence-electron chi connectivity index (χ4n) is 2.60. The SMILES string of the molecule is COC1(C(=O)NCC(=O)Nc2ccc(Br)c(C)c2)CCNCC1. The maximum absolute atomic E-state index is 12.4. The Hall–Kier alpha value is -1.44. The van der Waals surface area contributed by atoms with E-state index in [1.54, 1.807) is 6.07 Å². The van der Waals surface area contributed by atoms with Crippen molar-refractivity contribution in [1.82, 2.24) is 10.6 Å². The van der Waals surface area contributed by atoms with Gasteiger partial charge in [0.1, 0.15) is 5.60 Å². The minimum absolute atomic E-state index is 0.0769. The molecule has 7 heteroatoms. The lowest BCUT2D eigenvalue weighted by Crippen LogP contribution is -2.55. The van der Waals surface area contributed by atoms with Crippen LogP contribution in [-0.4, -0.2) is 44.2 Å². The van der Waals surface area contributed by atoms with Crippen molar-refractivity contribution in [1.29, 1.82) is 0 Å². The highest BCUT2D eigenvalue weighted by atomic mass is 79.9. The van der Waals surface area contributed by atoms with Crippen molar-refractivity contribution in [3.63, 3.8) is 0 Å². The van der Waals surface area contributed by atoms with Gasteiger partial charge in [-0.3, -0.25) is 9.59 Å². The van der Waals surface area contributed by atoms with Gasteiger partial charge in [-0.2, -0.15) is 0 Å². The molecular weight excluding hydrogens is 362 g/mol. The van der Waals surface area contributed by atoms with Crippen molar-refractivity contribution >= 4 is 33.4 Å². The molecule has 0 saturated carbocycles. The number of amides is 2. The minimum atomic E-state index is -0.834. The number of carbonyl (C=O) groups is 2. The van der Waals surface area contributed by atoms with E-state index in [2.05, 4.69) is 31.9 Å². The van der Waals surface area contributed by atoms with E-state index in [-0.39, 0.29) is 18.4 Å². The molecule has 0 atom stereocenters. The van der Waals surface area contributed by atoms with Crippen molar-refractivity contribution in [3.05, 3.63) is 28.2 Å². The first-order valence-electron chi connectivity index (χ1n) is 7.57. The molecule has 2 amide bonds. The molecule has 0 radical (unpaired) electrons. The Balaban J connectivity index is 1.88. The van der Waals surface area contributed by atoms with Crippen molar-refractivity contribution in [2.75, 3.05) is 32.1 Å². The van der Waals surface area contributed by atoms with Crippen LogP contribution < -0.4 is 16.0 Å². The number of halogens is 1. The molecular formula is C16H22BrN3O3. The quantitative estimate of drug-likeness (QED) is 0.720. The highest BCUT2D eigenvalue weighted by Crippen LogP contribution is 2.22. The van der Waals surface area contributed by atoms with Gasteiger partial charge >= 0.3 is 0 Å². The molecule has 3 N–H and O–H groups in total. The van der Waals surface area contributed by atoms with Gasteiger partial charge in [-0.25, -0.2) is 0 Å². The van der Waals surface area contributed by atoms with E-state index in [0.717, 1.165) is 23.1 Å². The first-order chi connectivity index (χ1) is 11.0. The Morgan fingerprint density at radius 1 is 1.35 bits per heavy atom. The second-order valence-corrected chi connectivity index (χ2v) is 6.50. The number of ether oxygens (including phenoxy) is 1. The van der Waals surface area contributed by atoms with Gasteiger partial charge in [-0.05, 0) is 56.6 Å². The molecule has 1 aromatic rings. The Labute approximate surface area is 144 Å². The smallest absolute Gasteiger partial charge is 0.252 e. The van der Waals surface area contributed by atoms with E-state index in [1.807, 2.05) is 19.1 Å². The maximum Gasteiger partial charge on any atom is 0.252 e. The summed E-state index contributed by atoms with van der Waals surface area (Å²) in [6.07, 6.45) is 1.20. The number of aryl methyl sites for hydroxylation is 1. The van der Waals surface area contributed by atoms with Crippen LogP contribution in [0.2, 0.25) is 0 Å². The second kappa shape index (κ2) is 7.90. The van der Waals surface area contributed by atoms with Crippen LogP contribution in [0.3, 0.4) is 0 Å².